The van der Waals surface area contributed by atoms with Crippen molar-refractivity contribution in [1.29, 1.82) is 0 Å². The lowest BCUT2D eigenvalue weighted by atomic mass is 9.76. The van der Waals surface area contributed by atoms with Crippen LogP contribution in [0.25, 0.3) is 12.2 Å². The van der Waals surface area contributed by atoms with Gasteiger partial charge >= 0.3 is 23.9 Å². The summed E-state index contributed by atoms with van der Waals surface area (Å²) in [6.07, 6.45) is 22.2. The fraction of sp³-hybridized carbons (Fsp3) is 0.350. The molecule has 3 heterocycles. The van der Waals surface area contributed by atoms with Crippen molar-refractivity contribution >= 4 is 36.0 Å². The maximum atomic E-state index is 13.3. The van der Waals surface area contributed by atoms with Crippen LogP contribution < -0.4 is 0 Å². The number of methoxy groups -OCH3 is 2. The molecule has 1 aliphatic rings. The Kier molecular flexibility index (Phi) is 16.1. The fourth-order valence-corrected chi connectivity index (χ4v) is 5.31. The van der Waals surface area contributed by atoms with Crippen molar-refractivity contribution in [3.63, 3.8) is 0 Å². The van der Waals surface area contributed by atoms with Crippen molar-refractivity contribution in [2.24, 2.45) is 10.8 Å². The third-order valence-electron chi connectivity index (χ3n) is 8.64. The monoisotopic (exact) mass is 746 g/mol. The number of carbonyl (C=O) groups excluding carboxylic acids is 4. The standard InChI is InChI=1S/C40H46N2O12/c1-7-19-29(43)39(3,37(47)49-5)31-21-15-11-9-13-17-24-34-42-28(26-52-34)36(46)54-32(40(4,38(48)50-6)30(44)20-8-2)22-16-12-10-14-18-23-33-41-27(25-51-33)35(45)53-31/h7-20,23-26,29-32,43-44H,21-22H2,1-6H3/b13-9+,14-10+,15-11-,16-12-,19-7+,20-8+,23-18+,24-17+. The number of allylic oxidation sites excluding steroid dienone is 10. The molecule has 288 valence electrons. The predicted octanol–water partition coefficient (Wildman–Crippen LogP) is 5.69. The van der Waals surface area contributed by atoms with Gasteiger partial charge in [0.2, 0.25) is 11.8 Å². The van der Waals surface area contributed by atoms with E-state index in [1.807, 2.05) is 0 Å². The molecule has 2 aromatic heterocycles. The smallest absolute Gasteiger partial charge is 0.360 e. The molecule has 0 radical (unpaired) electrons. The summed E-state index contributed by atoms with van der Waals surface area (Å²) < 4.78 is 32.4. The summed E-state index contributed by atoms with van der Waals surface area (Å²) in [6, 6.07) is 0. The second kappa shape index (κ2) is 20.4. The van der Waals surface area contributed by atoms with Gasteiger partial charge in [0.05, 0.1) is 26.4 Å². The lowest BCUT2D eigenvalue weighted by molar-refractivity contribution is -0.168. The highest BCUT2D eigenvalue weighted by Gasteiger charge is 2.51. The summed E-state index contributed by atoms with van der Waals surface area (Å²) in [5, 5.41) is 22.0. The maximum Gasteiger partial charge on any atom is 0.360 e. The molecule has 6 atom stereocenters. The van der Waals surface area contributed by atoms with Gasteiger partial charge in [0.15, 0.2) is 11.4 Å². The van der Waals surface area contributed by atoms with Gasteiger partial charge in [0, 0.05) is 25.0 Å². The number of rotatable bonds is 8. The molecule has 1 aliphatic heterocycles. The number of cyclic esters (lactones) is 2. The van der Waals surface area contributed by atoms with Gasteiger partial charge in [-0.3, -0.25) is 9.59 Å². The van der Waals surface area contributed by atoms with Gasteiger partial charge in [0.1, 0.15) is 35.6 Å². The zero-order valence-electron chi connectivity index (χ0n) is 31.0. The van der Waals surface area contributed by atoms with Crippen LogP contribution in [0.4, 0.5) is 0 Å². The van der Waals surface area contributed by atoms with E-state index in [2.05, 4.69) is 9.97 Å². The molecule has 54 heavy (non-hydrogen) atoms. The van der Waals surface area contributed by atoms with Crippen LogP contribution in [-0.2, 0) is 28.5 Å². The summed E-state index contributed by atoms with van der Waals surface area (Å²) in [4.78, 5) is 61.0. The predicted molar refractivity (Wildman–Crippen MR) is 197 cm³/mol. The van der Waals surface area contributed by atoms with Crippen molar-refractivity contribution < 1.29 is 57.2 Å². The molecule has 0 amide bonds. The Morgan fingerprint density at radius 3 is 1.43 bits per heavy atom. The summed E-state index contributed by atoms with van der Waals surface area (Å²) in [6.45, 7) is 6.23. The quantitative estimate of drug-likeness (QED) is 0.190. The first-order valence-electron chi connectivity index (χ1n) is 17.0. The van der Waals surface area contributed by atoms with E-state index in [-0.39, 0.29) is 36.0 Å². The van der Waals surface area contributed by atoms with Crippen LogP contribution in [0.15, 0.2) is 106 Å². The van der Waals surface area contributed by atoms with Gasteiger partial charge in [-0.25, -0.2) is 19.6 Å². The molecule has 0 aliphatic carbocycles. The van der Waals surface area contributed by atoms with Crippen LogP contribution in [0.2, 0.25) is 0 Å². The van der Waals surface area contributed by atoms with E-state index in [1.165, 1.54) is 52.4 Å². The highest BCUT2D eigenvalue weighted by atomic mass is 16.6. The second-order valence-electron chi connectivity index (χ2n) is 12.2. The summed E-state index contributed by atoms with van der Waals surface area (Å²) >= 11 is 0. The second-order valence-corrected chi connectivity index (χ2v) is 12.2. The summed E-state index contributed by atoms with van der Waals surface area (Å²) in [5.41, 5.74) is -3.75. The van der Waals surface area contributed by atoms with Crippen molar-refractivity contribution in [2.75, 3.05) is 14.2 Å². The summed E-state index contributed by atoms with van der Waals surface area (Å²) in [5.74, 6) is -3.22. The lowest BCUT2D eigenvalue weighted by Gasteiger charge is -2.36. The highest BCUT2D eigenvalue weighted by molar-refractivity contribution is 5.88. The van der Waals surface area contributed by atoms with Crippen molar-refractivity contribution in [3.8, 4) is 0 Å². The minimum absolute atomic E-state index is 0.00405. The first kappa shape index (κ1) is 42.6. The van der Waals surface area contributed by atoms with E-state index in [9.17, 15) is 29.4 Å². The van der Waals surface area contributed by atoms with Gasteiger partial charge in [-0.05, 0) is 27.7 Å². The fourth-order valence-electron chi connectivity index (χ4n) is 5.31. The van der Waals surface area contributed by atoms with Gasteiger partial charge in [-0.1, -0.05) is 85.1 Å². The van der Waals surface area contributed by atoms with Crippen molar-refractivity contribution in [2.45, 2.75) is 65.0 Å². The van der Waals surface area contributed by atoms with Crippen LogP contribution in [0, 0.1) is 10.8 Å². The van der Waals surface area contributed by atoms with Crippen molar-refractivity contribution in [3.05, 3.63) is 121 Å². The number of hydrogen-bond donors (Lipinski definition) is 2. The lowest BCUT2D eigenvalue weighted by Crippen LogP contribution is -2.50. The molecule has 0 saturated heterocycles. The number of hydrogen-bond acceptors (Lipinski definition) is 14. The zero-order chi connectivity index (χ0) is 39.7. The highest BCUT2D eigenvalue weighted by Crippen LogP contribution is 2.35. The van der Waals surface area contributed by atoms with Crippen LogP contribution in [-0.4, -0.2) is 82.7 Å². The first-order valence-corrected chi connectivity index (χ1v) is 17.0. The number of esters is 4. The average Bonchev–Trinajstić information content (AvgIpc) is 3.85. The largest absolute Gasteiger partial charge is 0.468 e. The Labute approximate surface area is 313 Å². The molecule has 0 fully saturated rings. The van der Waals surface area contributed by atoms with Crippen LogP contribution in [0.1, 0.15) is 73.3 Å². The number of nitrogens with zero attached hydrogens (tertiary/aromatic N) is 2. The first-order chi connectivity index (χ1) is 25.9. The van der Waals surface area contributed by atoms with Gasteiger partial charge in [-0.15, -0.1) is 0 Å². The molecule has 14 heteroatoms. The average molecular weight is 747 g/mol. The maximum absolute atomic E-state index is 13.3. The minimum atomic E-state index is -1.70. The Balaban J connectivity index is 2.02. The zero-order valence-corrected chi connectivity index (χ0v) is 31.0. The number of ether oxygens (including phenoxy) is 4. The minimum Gasteiger partial charge on any atom is -0.468 e. The molecular formula is C40H46N2O12. The normalized spacial score (nSPS) is 24.4. The number of carbonyl (C=O) groups is 4. The molecule has 2 N–H and O–H groups in total. The van der Waals surface area contributed by atoms with E-state index in [0.717, 1.165) is 12.5 Å². The van der Waals surface area contributed by atoms with E-state index >= 15 is 0 Å². The molecule has 0 saturated carbocycles. The van der Waals surface area contributed by atoms with Crippen molar-refractivity contribution in [1.82, 2.24) is 9.97 Å². The van der Waals surface area contributed by atoms with Crippen LogP contribution in [0.5, 0.6) is 0 Å². The number of oxazole rings is 2. The van der Waals surface area contributed by atoms with Crippen LogP contribution in [0.3, 0.4) is 0 Å². The number of aromatic nitrogens is 2. The third-order valence-corrected chi connectivity index (χ3v) is 8.64. The molecule has 14 nitrogen and oxygen atoms in total. The van der Waals surface area contributed by atoms with E-state index < -0.39 is 59.1 Å². The van der Waals surface area contributed by atoms with Gasteiger partial charge < -0.3 is 38.0 Å². The van der Waals surface area contributed by atoms with Gasteiger partial charge in [0.25, 0.3) is 0 Å². The van der Waals surface area contributed by atoms with E-state index in [4.69, 9.17) is 27.8 Å². The number of aliphatic hydroxyl groups excluding tert-OH is 2. The van der Waals surface area contributed by atoms with E-state index in [1.54, 1.807) is 86.8 Å². The summed E-state index contributed by atoms with van der Waals surface area (Å²) in [7, 11) is 2.35. The topological polar surface area (TPSA) is 198 Å². The molecule has 2 aromatic rings. The van der Waals surface area contributed by atoms with Crippen LogP contribution >= 0.6 is 0 Å². The Bertz CT molecular complexity index is 1710. The number of aliphatic hydroxyl groups is 2. The molecule has 3 rings (SSSR count). The Morgan fingerprint density at radius 1 is 0.704 bits per heavy atom. The SMILES string of the molecule is C/C=C/C(O)C(C)(C(=O)OC)C1C\C=C/C=C/C=C/c2nc(co2)C(=O)OC(C(C)(C(=O)OC)C(O)/C=C/C)C\C=C/C=C/C=C/c2nc(co2)C(=O)O1. The van der Waals surface area contributed by atoms with E-state index in [0.29, 0.717) is 0 Å². The third kappa shape index (κ3) is 10.6. The van der Waals surface area contributed by atoms with Gasteiger partial charge in [-0.2, -0.15) is 0 Å². The molecule has 0 aromatic carbocycles. The number of fused-ring (bicyclic) bond motifs is 4. The molecule has 4 bridgehead atoms. The molecular weight excluding hydrogens is 700 g/mol. The molecule has 6 unspecified atom stereocenters. The Morgan fingerprint density at radius 2 is 1.07 bits per heavy atom. The Hall–Kier alpha value is -5.86. The molecule has 0 spiro atoms.